The Kier molecular flexibility index (Phi) is 3.40. The summed E-state index contributed by atoms with van der Waals surface area (Å²) < 4.78 is 4.93. The zero-order valence-electron chi connectivity index (χ0n) is 8.83. The molecule has 1 aliphatic heterocycles. The van der Waals surface area contributed by atoms with Crippen LogP contribution in [0.15, 0.2) is 24.1 Å². The first kappa shape index (κ1) is 11.2. The number of dihydropyridines is 1. The summed E-state index contributed by atoms with van der Waals surface area (Å²) in [4.78, 5) is 10.7. The molecule has 80 valence electrons. The lowest BCUT2D eigenvalue weighted by Gasteiger charge is -2.31. The lowest BCUT2D eigenvalue weighted by atomic mass is 9.92. The Morgan fingerprint density at radius 1 is 1.73 bits per heavy atom. The fourth-order valence-electron chi connectivity index (χ4n) is 1.44. The standard InChI is InChI=1S/C11H14N2O2/c1-3-7-11(4-2)9(15-10(12)14)6-5-8-13-11/h5-6,8,13H,4H2,1-2H3,(H2,12,14). The number of amides is 1. The zero-order valence-corrected chi connectivity index (χ0v) is 8.83. The normalized spacial score (nSPS) is 23.2. The van der Waals surface area contributed by atoms with Crippen molar-refractivity contribution in [3.8, 4) is 11.8 Å². The van der Waals surface area contributed by atoms with Crippen molar-refractivity contribution in [3.63, 3.8) is 0 Å². The summed E-state index contributed by atoms with van der Waals surface area (Å²) in [5.74, 6) is 6.24. The van der Waals surface area contributed by atoms with Gasteiger partial charge in [0.25, 0.3) is 0 Å². The third-order valence-corrected chi connectivity index (χ3v) is 2.17. The van der Waals surface area contributed by atoms with E-state index >= 15 is 0 Å². The predicted molar refractivity (Wildman–Crippen MR) is 57.5 cm³/mol. The highest BCUT2D eigenvalue weighted by atomic mass is 16.6. The highest BCUT2D eigenvalue weighted by molar-refractivity contribution is 5.67. The molecule has 1 aliphatic rings. The topological polar surface area (TPSA) is 64.3 Å². The van der Waals surface area contributed by atoms with Crippen LogP contribution >= 0.6 is 0 Å². The van der Waals surface area contributed by atoms with E-state index in [0.29, 0.717) is 12.2 Å². The number of primary amides is 1. The maximum absolute atomic E-state index is 10.7. The van der Waals surface area contributed by atoms with Crippen molar-refractivity contribution in [1.29, 1.82) is 0 Å². The number of ether oxygens (including phenoxy) is 1. The smallest absolute Gasteiger partial charge is 0.409 e. The number of allylic oxidation sites excluding steroid dienone is 2. The predicted octanol–water partition coefficient (Wildman–Crippen LogP) is 1.25. The van der Waals surface area contributed by atoms with Crippen LogP contribution in [0.3, 0.4) is 0 Å². The van der Waals surface area contributed by atoms with Gasteiger partial charge in [-0.3, -0.25) is 0 Å². The van der Waals surface area contributed by atoms with Gasteiger partial charge < -0.3 is 15.8 Å². The number of hydrogen-bond donors (Lipinski definition) is 2. The molecule has 15 heavy (non-hydrogen) atoms. The number of carbonyl (C=O) groups excluding carboxylic acids is 1. The minimum atomic E-state index is -0.825. The van der Waals surface area contributed by atoms with Crippen LogP contribution in [0.5, 0.6) is 0 Å². The van der Waals surface area contributed by atoms with Gasteiger partial charge in [-0.2, -0.15) is 0 Å². The summed E-state index contributed by atoms with van der Waals surface area (Å²) >= 11 is 0. The second-order valence-electron chi connectivity index (χ2n) is 3.09. The van der Waals surface area contributed by atoms with Crippen molar-refractivity contribution in [2.45, 2.75) is 25.8 Å². The van der Waals surface area contributed by atoms with Gasteiger partial charge >= 0.3 is 6.09 Å². The SMILES string of the molecule is CC#CC1(CC)NC=CC=C1OC(N)=O. The van der Waals surface area contributed by atoms with Gasteiger partial charge in [-0.05, 0) is 31.7 Å². The van der Waals surface area contributed by atoms with Crippen LogP contribution < -0.4 is 11.1 Å². The van der Waals surface area contributed by atoms with Gasteiger partial charge in [-0.15, -0.1) is 5.92 Å². The molecule has 0 aromatic carbocycles. The highest BCUT2D eigenvalue weighted by Crippen LogP contribution is 2.24. The van der Waals surface area contributed by atoms with Gasteiger partial charge in [0.2, 0.25) is 0 Å². The Bertz CT molecular complexity index is 374. The molecule has 1 unspecified atom stereocenters. The van der Waals surface area contributed by atoms with Crippen LogP contribution in [0.2, 0.25) is 0 Å². The van der Waals surface area contributed by atoms with E-state index in [4.69, 9.17) is 10.5 Å². The Hall–Kier alpha value is -1.89. The number of rotatable bonds is 2. The van der Waals surface area contributed by atoms with Gasteiger partial charge in [-0.1, -0.05) is 12.8 Å². The third kappa shape index (κ3) is 2.32. The van der Waals surface area contributed by atoms with E-state index in [0.717, 1.165) is 0 Å². The largest absolute Gasteiger partial charge is 0.411 e. The second kappa shape index (κ2) is 4.56. The zero-order chi connectivity index (χ0) is 11.3. The minimum Gasteiger partial charge on any atom is -0.411 e. The van der Waals surface area contributed by atoms with Crippen LogP contribution in [0.1, 0.15) is 20.3 Å². The quantitative estimate of drug-likeness (QED) is 0.668. The molecule has 1 amide bonds. The summed E-state index contributed by atoms with van der Waals surface area (Å²) in [6, 6.07) is 0. The average Bonchev–Trinajstić information content (AvgIpc) is 2.21. The molecule has 0 spiro atoms. The maximum atomic E-state index is 10.7. The van der Waals surface area contributed by atoms with E-state index in [1.165, 1.54) is 0 Å². The summed E-state index contributed by atoms with van der Waals surface area (Å²) in [6.07, 6.45) is 5.05. The lowest BCUT2D eigenvalue weighted by Crippen LogP contribution is -2.45. The third-order valence-electron chi connectivity index (χ3n) is 2.17. The van der Waals surface area contributed by atoms with E-state index in [9.17, 15) is 4.79 Å². The molecule has 1 rings (SSSR count). The Morgan fingerprint density at radius 3 is 3.00 bits per heavy atom. The number of carbonyl (C=O) groups is 1. The molecule has 4 nitrogen and oxygen atoms in total. The molecule has 1 atom stereocenters. The van der Waals surface area contributed by atoms with Gasteiger partial charge in [0.05, 0.1) is 0 Å². The summed E-state index contributed by atoms with van der Waals surface area (Å²) in [7, 11) is 0. The molecule has 0 fully saturated rings. The molecule has 4 heteroatoms. The summed E-state index contributed by atoms with van der Waals surface area (Å²) in [5, 5.41) is 3.08. The van der Waals surface area contributed by atoms with Gasteiger partial charge in [0, 0.05) is 0 Å². The van der Waals surface area contributed by atoms with Crippen molar-refractivity contribution in [1.82, 2.24) is 5.32 Å². The molecule has 0 aliphatic carbocycles. The summed E-state index contributed by atoms with van der Waals surface area (Å²) in [6.45, 7) is 3.69. The first-order chi connectivity index (χ1) is 7.14. The van der Waals surface area contributed by atoms with Crippen molar-refractivity contribution < 1.29 is 9.53 Å². The molecular weight excluding hydrogens is 192 g/mol. The van der Waals surface area contributed by atoms with E-state index in [2.05, 4.69) is 17.2 Å². The lowest BCUT2D eigenvalue weighted by molar-refractivity contribution is 0.171. The Labute approximate surface area is 89.2 Å². The van der Waals surface area contributed by atoms with Crippen LogP contribution in [-0.4, -0.2) is 11.6 Å². The van der Waals surface area contributed by atoms with Crippen LogP contribution in [0.25, 0.3) is 0 Å². The molecule has 0 radical (unpaired) electrons. The van der Waals surface area contributed by atoms with E-state index in [1.54, 1.807) is 25.3 Å². The second-order valence-corrected chi connectivity index (χ2v) is 3.09. The maximum Gasteiger partial charge on any atom is 0.409 e. The van der Waals surface area contributed by atoms with Crippen LogP contribution in [0.4, 0.5) is 4.79 Å². The number of nitrogens with one attached hydrogen (secondary N) is 1. The Balaban J connectivity index is 3.03. The van der Waals surface area contributed by atoms with Gasteiger partial charge in [0.1, 0.15) is 5.76 Å². The molecule has 0 saturated heterocycles. The fourth-order valence-corrected chi connectivity index (χ4v) is 1.44. The van der Waals surface area contributed by atoms with Crippen LogP contribution in [-0.2, 0) is 4.74 Å². The van der Waals surface area contributed by atoms with Crippen molar-refractivity contribution >= 4 is 6.09 Å². The van der Waals surface area contributed by atoms with Crippen molar-refractivity contribution in [3.05, 3.63) is 24.1 Å². The van der Waals surface area contributed by atoms with Crippen molar-refractivity contribution in [2.24, 2.45) is 5.73 Å². The fraction of sp³-hybridized carbons (Fsp3) is 0.364. The van der Waals surface area contributed by atoms with E-state index < -0.39 is 11.6 Å². The molecule has 0 aromatic rings. The average molecular weight is 206 g/mol. The number of nitrogens with two attached hydrogens (primary N) is 1. The molecule has 0 bridgehead atoms. The first-order valence-corrected chi connectivity index (χ1v) is 4.71. The minimum absolute atomic E-state index is 0.439. The first-order valence-electron chi connectivity index (χ1n) is 4.71. The van der Waals surface area contributed by atoms with E-state index in [1.807, 2.05) is 6.92 Å². The van der Waals surface area contributed by atoms with Gasteiger partial charge in [0.15, 0.2) is 5.54 Å². The van der Waals surface area contributed by atoms with Crippen LogP contribution in [0, 0.1) is 11.8 Å². The molecule has 3 N–H and O–H groups in total. The van der Waals surface area contributed by atoms with Gasteiger partial charge in [-0.25, -0.2) is 4.79 Å². The molecule has 1 heterocycles. The summed E-state index contributed by atoms with van der Waals surface area (Å²) in [5.41, 5.74) is 4.35. The molecule has 0 aromatic heterocycles. The monoisotopic (exact) mass is 206 g/mol. The van der Waals surface area contributed by atoms with E-state index in [-0.39, 0.29) is 0 Å². The Morgan fingerprint density at radius 2 is 2.47 bits per heavy atom. The molecular formula is C11H14N2O2. The highest BCUT2D eigenvalue weighted by Gasteiger charge is 2.33. The number of hydrogen-bond acceptors (Lipinski definition) is 3. The van der Waals surface area contributed by atoms with Crippen molar-refractivity contribution in [2.75, 3.05) is 0 Å². The molecule has 0 saturated carbocycles.